The maximum atomic E-state index is 13.9. The summed E-state index contributed by atoms with van der Waals surface area (Å²) in [6.45, 7) is 11.1. The molecule has 0 saturated carbocycles. The number of H-pyrrole nitrogens is 1. The van der Waals surface area contributed by atoms with Crippen LogP contribution in [0.5, 0.6) is 17.2 Å². The third-order valence-corrected chi connectivity index (χ3v) is 15.0. The van der Waals surface area contributed by atoms with E-state index in [0.29, 0.717) is 30.4 Å². The quantitative estimate of drug-likeness (QED) is 0.118. The second-order valence-corrected chi connectivity index (χ2v) is 20.7. The minimum absolute atomic E-state index is 0.0333. The number of nitrogens with zero attached hydrogens (tertiary/aromatic N) is 4. The molecule has 4 aliphatic rings. The SMILES string of the molecule is CC1(C)CCC(CN2CCN(c3ccc(C(=O)NS(=O)(=O)c4ccc(OCC5CCN(C6CO[C@H]6F)CC5)c(Cl)c4)c(Oc4cnc5[nH]ccc5c4)c3)CC2)=C(c2ccc(Cl)cc2)C1. The van der Waals surface area contributed by atoms with E-state index in [1.807, 2.05) is 30.3 Å². The normalized spacial score (nSPS) is 21.2. The molecule has 0 bridgehead atoms. The van der Waals surface area contributed by atoms with Crippen molar-refractivity contribution in [2.45, 2.75) is 63.2 Å². The van der Waals surface area contributed by atoms with E-state index in [1.54, 1.807) is 24.5 Å². The number of pyridine rings is 1. The van der Waals surface area contributed by atoms with Crippen LogP contribution in [0.15, 0.2) is 95.7 Å². The molecule has 16 heteroatoms. The van der Waals surface area contributed by atoms with Crippen molar-refractivity contribution in [1.82, 2.24) is 24.5 Å². The van der Waals surface area contributed by atoms with Gasteiger partial charge in [0.2, 0.25) is 6.36 Å². The second-order valence-electron chi connectivity index (χ2n) is 18.1. The molecule has 1 aliphatic carbocycles. The molecule has 64 heavy (non-hydrogen) atoms. The fraction of sp³-hybridized carbons (Fsp3) is 0.417. The zero-order valence-electron chi connectivity index (χ0n) is 36.0. The maximum absolute atomic E-state index is 13.9. The van der Waals surface area contributed by atoms with E-state index in [0.717, 1.165) is 94.0 Å². The number of nitrogens with one attached hydrogen (secondary N) is 2. The minimum atomic E-state index is -4.37. The highest BCUT2D eigenvalue weighted by molar-refractivity contribution is 7.90. The number of rotatable bonds is 13. The number of likely N-dealkylation sites (tertiary alicyclic amines) is 1. The summed E-state index contributed by atoms with van der Waals surface area (Å²) >= 11 is 12.8. The molecule has 9 rings (SSSR count). The zero-order chi connectivity index (χ0) is 44.6. The van der Waals surface area contributed by atoms with E-state index in [-0.39, 0.29) is 38.6 Å². The van der Waals surface area contributed by atoms with Crippen molar-refractivity contribution in [3.8, 4) is 17.2 Å². The fourth-order valence-electron chi connectivity index (χ4n) is 9.17. The van der Waals surface area contributed by atoms with Crippen LogP contribution in [0, 0.1) is 11.3 Å². The Labute approximate surface area is 383 Å². The number of benzene rings is 3. The van der Waals surface area contributed by atoms with Crippen LogP contribution in [0.1, 0.15) is 61.9 Å². The summed E-state index contributed by atoms with van der Waals surface area (Å²) < 4.78 is 60.6. The Hall–Kier alpha value is -4.70. The van der Waals surface area contributed by atoms with Crippen molar-refractivity contribution >= 4 is 61.4 Å². The lowest BCUT2D eigenvalue weighted by atomic mass is 9.72. The number of alkyl halides is 1. The van der Waals surface area contributed by atoms with Crippen LogP contribution < -0.4 is 19.1 Å². The van der Waals surface area contributed by atoms with Crippen LogP contribution in [0.4, 0.5) is 10.1 Å². The third-order valence-electron chi connectivity index (χ3n) is 13.1. The molecule has 1 amide bonds. The number of allylic oxidation sites excluding steroid dienone is 1. The first-order chi connectivity index (χ1) is 30.8. The molecular weight excluding hydrogens is 879 g/mol. The number of aromatic nitrogens is 2. The Balaban J connectivity index is 0.876. The van der Waals surface area contributed by atoms with E-state index >= 15 is 0 Å². The van der Waals surface area contributed by atoms with Gasteiger partial charge in [-0.2, -0.15) is 0 Å². The van der Waals surface area contributed by atoms with Gasteiger partial charge in [-0.3, -0.25) is 14.6 Å². The molecule has 2 aromatic heterocycles. The predicted octanol–water partition coefficient (Wildman–Crippen LogP) is 9.35. The molecule has 3 fully saturated rings. The average Bonchev–Trinajstić information content (AvgIpc) is 3.75. The van der Waals surface area contributed by atoms with Gasteiger partial charge in [0.25, 0.3) is 15.9 Å². The van der Waals surface area contributed by atoms with Gasteiger partial charge >= 0.3 is 0 Å². The molecular formula is C48H53Cl2FN6O6S. The van der Waals surface area contributed by atoms with Crippen molar-refractivity contribution in [3.63, 3.8) is 0 Å². The third kappa shape index (κ3) is 10.1. The monoisotopic (exact) mass is 930 g/mol. The number of anilines is 1. The van der Waals surface area contributed by atoms with Crippen LogP contribution in [0.25, 0.3) is 16.6 Å². The molecule has 3 saturated heterocycles. The molecule has 1 unspecified atom stereocenters. The Kier molecular flexibility index (Phi) is 13.0. The fourth-order valence-corrected chi connectivity index (χ4v) is 10.6. The van der Waals surface area contributed by atoms with Crippen LogP contribution in [0.3, 0.4) is 0 Å². The largest absolute Gasteiger partial charge is 0.492 e. The average molecular weight is 932 g/mol. The molecule has 2 N–H and O–H groups in total. The van der Waals surface area contributed by atoms with E-state index in [2.05, 4.69) is 55.4 Å². The summed E-state index contributed by atoms with van der Waals surface area (Å²) in [5.74, 6) is 0.293. The smallest absolute Gasteiger partial charge is 0.268 e. The van der Waals surface area contributed by atoms with Crippen LogP contribution in [-0.2, 0) is 14.8 Å². The van der Waals surface area contributed by atoms with Gasteiger partial charge in [0, 0.05) is 61.1 Å². The lowest BCUT2D eigenvalue weighted by Gasteiger charge is -2.43. The van der Waals surface area contributed by atoms with Gasteiger partial charge in [0.05, 0.1) is 40.9 Å². The number of ether oxygens (including phenoxy) is 3. The predicted molar refractivity (Wildman–Crippen MR) is 248 cm³/mol. The number of piperidine rings is 1. The molecule has 3 aliphatic heterocycles. The Morgan fingerprint density at radius 2 is 1.75 bits per heavy atom. The van der Waals surface area contributed by atoms with Crippen LogP contribution in [-0.4, -0.2) is 106 Å². The number of fused-ring (bicyclic) bond motifs is 1. The number of halogens is 3. The Bertz CT molecular complexity index is 2640. The summed E-state index contributed by atoms with van der Waals surface area (Å²) in [7, 11) is -4.37. The number of aromatic amines is 1. The summed E-state index contributed by atoms with van der Waals surface area (Å²) in [4.78, 5) is 28.1. The number of sulfonamides is 1. The molecule has 5 aromatic rings. The molecule has 3 aromatic carbocycles. The standard InChI is InChI=1S/C48H53Cl2FN6O6S/c1-48(2)15-11-34(40(26-48)32-3-5-35(49)6-4-32)28-55-19-21-56(22-20-55)36-7-9-39(44(24-36)63-37-23-33-12-16-52-46(33)53-27-37)47(58)54-64(59,60)38-8-10-43(41(50)25-38)61-29-31-13-17-57(18-14-31)42-30-62-45(42)51/h3-10,12,16,23-25,27,31,42,45H,11,13-15,17-22,26,28-30H2,1-2H3,(H,52,53)(H,54,58)/t42?,45-/m1/s1. The topological polar surface area (TPSA) is 129 Å². The first-order valence-corrected chi connectivity index (χ1v) is 24.2. The summed E-state index contributed by atoms with van der Waals surface area (Å²) in [6, 6.07) is 21.1. The molecule has 12 nitrogen and oxygen atoms in total. The Morgan fingerprint density at radius 1 is 0.969 bits per heavy atom. The molecule has 338 valence electrons. The van der Waals surface area contributed by atoms with Crippen molar-refractivity contribution in [1.29, 1.82) is 0 Å². The highest BCUT2D eigenvalue weighted by Crippen LogP contribution is 2.43. The molecule has 0 radical (unpaired) electrons. The van der Waals surface area contributed by atoms with E-state index < -0.39 is 22.3 Å². The van der Waals surface area contributed by atoms with Gasteiger partial charge in [-0.05, 0) is 122 Å². The van der Waals surface area contributed by atoms with E-state index in [4.69, 9.17) is 37.4 Å². The maximum Gasteiger partial charge on any atom is 0.268 e. The van der Waals surface area contributed by atoms with Crippen LogP contribution in [0.2, 0.25) is 10.0 Å². The van der Waals surface area contributed by atoms with Gasteiger partial charge in [-0.1, -0.05) is 54.8 Å². The first-order valence-electron chi connectivity index (χ1n) is 22.0. The Morgan fingerprint density at radius 3 is 2.47 bits per heavy atom. The molecule has 0 spiro atoms. The molecule has 5 heterocycles. The zero-order valence-corrected chi connectivity index (χ0v) is 38.3. The van der Waals surface area contributed by atoms with Crippen molar-refractivity contribution in [2.75, 3.05) is 63.9 Å². The number of carbonyl (C=O) groups is 1. The van der Waals surface area contributed by atoms with Gasteiger partial charge in [-0.15, -0.1) is 0 Å². The van der Waals surface area contributed by atoms with Crippen LogP contribution >= 0.6 is 23.2 Å². The first kappa shape index (κ1) is 44.5. The highest BCUT2D eigenvalue weighted by atomic mass is 35.5. The second kappa shape index (κ2) is 18.7. The minimum Gasteiger partial charge on any atom is -0.492 e. The van der Waals surface area contributed by atoms with E-state index in [9.17, 15) is 17.6 Å². The molecule has 2 atom stereocenters. The number of hydrogen-bond acceptors (Lipinski definition) is 10. The van der Waals surface area contributed by atoms with Crippen molar-refractivity contribution < 1.29 is 31.8 Å². The van der Waals surface area contributed by atoms with Gasteiger partial charge < -0.3 is 24.1 Å². The van der Waals surface area contributed by atoms with Gasteiger partial charge in [-0.25, -0.2) is 22.5 Å². The number of amides is 1. The van der Waals surface area contributed by atoms with Gasteiger partial charge in [0.1, 0.15) is 22.9 Å². The summed E-state index contributed by atoms with van der Waals surface area (Å²) in [5, 5.41) is 1.66. The summed E-state index contributed by atoms with van der Waals surface area (Å²) in [6.07, 6.45) is 7.02. The number of carbonyl (C=O) groups excluding carboxylic acids is 1. The highest BCUT2D eigenvalue weighted by Gasteiger charge is 2.39. The van der Waals surface area contributed by atoms with E-state index in [1.165, 1.54) is 34.9 Å². The lowest BCUT2D eigenvalue weighted by Crippen LogP contribution is -2.56. The van der Waals surface area contributed by atoms with Crippen molar-refractivity contribution in [2.24, 2.45) is 11.3 Å². The number of piperazine rings is 1. The van der Waals surface area contributed by atoms with Gasteiger partial charge in [0.15, 0.2) is 0 Å². The lowest BCUT2D eigenvalue weighted by molar-refractivity contribution is -0.202. The number of hydrogen-bond donors (Lipinski definition) is 2. The summed E-state index contributed by atoms with van der Waals surface area (Å²) in [5.41, 5.74) is 5.95. The van der Waals surface area contributed by atoms with Crippen molar-refractivity contribution in [3.05, 3.63) is 112 Å².